The Morgan fingerprint density at radius 1 is 1.00 bits per heavy atom. The van der Waals surface area contributed by atoms with E-state index in [1.165, 1.54) is 22.3 Å². The highest BCUT2D eigenvalue weighted by atomic mass is 16.5. The number of rotatable bonds is 3. The van der Waals surface area contributed by atoms with Crippen molar-refractivity contribution in [2.45, 2.75) is 46.5 Å². The van der Waals surface area contributed by atoms with Gasteiger partial charge in [0, 0.05) is 17.0 Å². The second kappa shape index (κ2) is 6.51. The minimum absolute atomic E-state index is 0.118. The lowest BCUT2D eigenvalue weighted by molar-refractivity contribution is 0.415. The average Bonchev–Trinajstić information content (AvgIpc) is 2.58. The molecule has 2 nitrogen and oxygen atoms in total. The highest BCUT2D eigenvalue weighted by molar-refractivity contribution is 5.84. The van der Waals surface area contributed by atoms with E-state index < -0.39 is 0 Å². The molecule has 3 rings (SSSR count). The van der Waals surface area contributed by atoms with E-state index in [9.17, 15) is 0 Å². The lowest BCUT2D eigenvalue weighted by Crippen LogP contribution is -2.11. The van der Waals surface area contributed by atoms with Gasteiger partial charge in [0.2, 0.25) is 0 Å². The quantitative estimate of drug-likeness (QED) is 0.579. The molecule has 2 aromatic carbocycles. The Morgan fingerprint density at radius 3 is 2.40 bits per heavy atom. The number of fused-ring (bicyclic) bond motifs is 1. The standard InChI is InChI=1S/C23H27NO/c1-7-16-12-17-8-9-20(25-6)14-21(17)24-22(16)18-10-15(2)11-19(13-18)23(3,4)5/h8-14H,7H2,1-6H3. The molecule has 3 aromatic rings. The molecule has 0 atom stereocenters. The molecule has 25 heavy (non-hydrogen) atoms. The first-order valence-corrected chi connectivity index (χ1v) is 8.92. The van der Waals surface area contributed by atoms with Crippen molar-refractivity contribution >= 4 is 10.9 Å². The molecule has 0 aliphatic rings. The van der Waals surface area contributed by atoms with E-state index >= 15 is 0 Å². The number of hydrogen-bond donors (Lipinski definition) is 0. The molecule has 0 N–H and O–H groups in total. The molecule has 0 radical (unpaired) electrons. The van der Waals surface area contributed by atoms with Crippen LogP contribution in [-0.4, -0.2) is 12.1 Å². The number of aryl methyl sites for hydroxylation is 2. The minimum atomic E-state index is 0.118. The summed E-state index contributed by atoms with van der Waals surface area (Å²) in [6, 6.07) is 15.2. The molecule has 1 heterocycles. The Hall–Kier alpha value is -2.35. The number of pyridine rings is 1. The van der Waals surface area contributed by atoms with Gasteiger partial charge in [-0.25, -0.2) is 4.98 Å². The summed E-state index contributed by atoms with van der Waals surface area (Å²) in [5.41, 5.74) is 7.28. The Bertz CT molecular complexity index is 919. The van der Waals surface area contributed by atoms with E-state index in [4.69, 9.17) is 9.72 Å². The lowest BCUT2D eigenvalue weighted by Gasteiger charge is -2.21. The molecule has 0 saturated carbocycles. The molecular formula is C23H27NO. The smallest absolute Gasteiger partial charge is 0.121 e. The van der Waals surface area contributed by atoms with Crippen molar-refractivity contribution in [2.24, 2.45) is 0 Å². The summed E-state index contributed by atoms with van der Waals surface area (Å²) in [6.45, 7) is 11.1. The highest BCUT2D eigenvalue weighted by Gasteiger charge is 2.17. The third-order valence-electron chi connectivity index (χ3n) is 4.70. The van der Waals surface area contributed by atoms with E-state index in [2.05, 4.69) is 65.0 Å². The maximum atomic E-state index is 5.37. The van der Waals surface area contributed by atoms with E-state index in [1.807, 2.05) is 12.1 Å². The zero-order valence-corrected chi connectivity index (χ0v) is 16.1. The number of nitrogens with zero attached hydrogens (tertiary/aromatic N) is 1. The van der Waals surface area contributed by atoms with Gasteiger partial charge in [0.1, 0.15) is 5.75 Å². The summed E-state index contributed by atoms with van der Waals surface area (Å²) in [5.74, 6) is 0.842. The Kier molecular flexibility index (Phi) is 4.55. The molecular weight excluding hydrogens is 306 g/mol. The molecule has 0 amide bonds. The molecule has 0 fully saturated rings. The van der Waals surface area contributed by atoms with Crippen molar-refractivity contribution in [2.75, 3.05) is 7.11 Å². The van der Waals surface area contributed by atoms with Gasteiger partial charge in [-0.1, -0.05) is 39.3 Å². The summed E-state index contributed by atoms with van der Waals surface area (Å²) < 4.78 is 5.37. The Morgan fingerprint density at radius 2 is 1.76 bits per heavy atom. The third-order valence-corrected chi connectivity index (χ3v) is 4.70. The lowest BCUT2D eigenvalue weighted by atomic mass is 9.84. The number of benzene rings is 2. The Labute approximate surface area is 150 Å². The van der Waals surface area contributed by atoms with Crippen molar-refractivity contribution in [1.29, 1.82) is 0 Å². The van der Waals surface area contributed by atoms with Gasteiger partial charge in [0.25, 0.3) is 0 Å². The molecule has 0 aliphatic heterocycles. The first kappa shape index (κ1) is 17.5. The van der Waals surface area contributed by atoms with Crippen LogP contribution in [0.15, 0.2) is 42.5 Å². The van der Waals surface area contributed by atoms with Crippen molar-refractivity contribution in [3.63, 3.8) is 0 Å². The number of aromatic nitrogens is 1. The predicted octanol–water partition coefficient (Wildman–Crippen LogP) is 6.08. The highest BCUT2D eigenvalue weighted by Crippen LogP contribution is 2.32. The van der Waals surface area contributed by atoms with Gasteiger partial charge in [-0.3, -0.25) is 0 Å². The predicted molar refractivity (Wildman–Crippen MR) is 107 cm³/mol. The summed E-state index contributed by atoms with van der Waals surface area (Å²) >= 11 is 0. The van der Waals surface area contributed by atoms with Gasteiger partial charge in [0.05, 0.1) is 18.3 Å². The number of ether oxygens (including phenoxy) is 1. The van der Waals surface area contributed by atoms with Crippen molar-refractivity contribution < 1.29 is 4.74 Å². The summed E-state index contributed by atoms with van der Waals surface area (Å²) in [5, 5.41) is 1.16. The molecule has 2 heteroatoms. The minimum Gasteiger partial charge on any atom is -0.497 e. The van der Waals surface area contributed by atoms with Crippen LogP contribution in [0.2, 0.25) is 0 Å². The zero-order chi connectivity index (χ0) is 18.2. The maximum absolute atomic E-state index is 5.37. The molecule has 0 aliphatic carbocycles. The van der Waals surface area contributed by atoms with E-state index in [0.717, 1.165) is 28.8 Å². The van der Waals surface area contributed by atoms with E-state index in [-0.39, 0.29) is 5.41 Å². The van der Waals surface area contributed by atoms with Gasteiger partial charge in [0.15, 0.2) is 0 Å². The average molecular weight is 333 g/mol. The van der Waals surface area contributed by atoms with Gasteiger partial charge in [-0.05, 0) is 60.2 Å². The first-order chi connectivity index (χ1) is 11.8. The fraction of sp³-hybridized carbons (Fsp3) is 0.348. The van der Waals surface area contributed by atoms with Crippen molar-refractivity contribution in [3.8, 4) is 17.0 Å². The van der Waals surface area contributed by atoms with Crippen LogP contribution in [0.25, 0.3) is 22.2 Å². The van der Waals surface area contributed by atoms with Crippen molar-refractivity contribution in [1.82, 2.24) is 4.98 Å². The van der Waals surface area contributed by atoms with Crippen LogP contribution in [0, 0.1) is 6.92 Å². The van der Waals surface area contributed by atoms with Crippen LogP contribution in [0.5, 0.6) is 5.75 Å². The molecule has 130 valence electrons. The molecule has 0 spiro atoms. The molecule has 0 bridgehead atoms. The van der Waals surface area contributed by atoms with Gasteiger partial charge in [-0.15, -0.1) is 0 Å². The van der Waals surface area contributed by atoms with Crippen LogP contribution in [-0.2, 0) is 11.8 Å². The second-order valence-corrected chi connectivity index (χ2v) is 7.75. The van der Waals surface area contributed by atoms with Crippen LogP contribution in [0.1, 0.15) is 44.4 Å². The fourth-order valence-electron chi connectivity index (χ4n) is 3.19. The Balaban J connectivity index is 2.25. The summed E-state index contributed by atoms with van der Waals surface area (Å²) in [4.78, 5) is 5.01. The van der Waals surface area contributed by atoms with Crippen LogP contribution < -0.4 is 4.74 Å². The van der Waals surface area contributed by atoms with Gasteiger partial charge < -0.3 is 4.74 Å². The monoisotopic (exact) mass is 333 g/mol. The topological polar surface area (TPSA) is 22.1 Å². The van der Waals surface area contributed by atoms with Crippen LogP contribution in [0.4, 0.5) is 0 Å². The summed E-state index contributed by atoms with van der Waals surface area (Å²) in [6.07, 6.45) is 0.961. The number of hydrogen-bond acceptors (Lipinski definition) is 2. The van der Waals surface area contributed by atoms with E-state index in [0.29, 0.717) is 0 Å². The van der Waals surface area contributed by atoms with Gasteiger partial charge in [-0.2, -0.15) is 0 Å². The van der Waals surface area contributed by atoms with Gasteiger partial charge >= 0.3 is 0 Å². The molecule has 0 saturated heterocycles. The zero-order valence-electron chi connectivity index (χ0n) is 16.1. The second-order valence-electron chi connectivity index (χ2n) is 7.75. The maximum Gasteiger partial charge on any atom is 0.121 e. The molecule has 1 aromatic heterocycles. The largest absolute Gasteiger partial charge is 0.497 e. The summed E-state index contributed by atoms with van der Waals surface area (Å²) in [7, 11) is 1.69. The molecule has 0 unspecified atom stereocenters. The normalized spacial score (nSPS) is 11.8. The van der Waals surface area contributed by atoms with E-state index in [1.54, 1.807) is 7.11 Å². The third kappa shape index (κ3) is 3.53. The van der Waals surface area contributed by atoms with Crippen LogP contribution >= 0.6 is 0 Å². The number of methoxy groups -OCH3 is 1. The van der Waals surface area contributed by atoms with Crippen LogP contribution in [0.3, 0.4) is 0 Å². The first-order valence-electron chi connectivity index (χ1n) is 8.92. The fourth-order valence-corrected chi connectivity index (χ4v) is 3.19. The SMILES string of the molecule is CCc1cc2ccc(OC)cc2nc1-c1cc(C)cc(C(C)(C)C)c1. The van der Waals surface area contributed by atoms with Crippen molar-refractivity contribution in [3.05, 3.63) is 59.2 Å².